The van der Waals surface area contributed by atoms with Gasteiger partial charge in [0, 0.05) is 19.6 Å². The van der Waals surface area contributed by atoms with Crippen LogP contribution in [-0.4, -0.2) is 60.5 Å². The topological polar surface area (TPSA) is 74.0 Å². The number of aliphatic carboxylic acids is 1. The Morgan fingerprint density at radius 2 is 2.05 bits per heavy atom. The van der Waals surface area contributed by atoms with E-state index in [9.17, 15) is 9.59 Å². The van der Waals surface area contributed by atoms with Crippen molar-refractivity contribution in [3.63, 3.8) is 0 Å². The summed E-state index contributed by atoms with van der Waals surface area (Å²) < 4.78 is 5.07. The lowest BCUT2D eigenvalue weighted by atomic mass is 10.1. The van der Waals surface area contributed by atoms with Gasteiger partial charge in [0.2, 0.25) is 0 Å². The Kier molecular flexibility index (Phi) is 5.57. The zero-order valence-corrected chi connectivity index (χ0v) is 11.5. The van der Waals surface area contributed by atoms with Crippen LogP contribution in [0.3, 0.4) is 0 Å². The number of carboxylic acid groups (broad SMARTS) is 1. The van der Waals surface area contributed by atoms with E-state index in [-0.39, 0.29) is 18.2 Å². The molecule has 1 amide bonds. The van der Waals surface area contributed by atoms with Crippen molar-refractivity contribution in [2.45, 2.75) is 6.92 Å². The number of rotatable bonds is 7. The molecule has 0 aromatic carbocycles. The molecule has 6 nitrogen and oxygen atoms in total. The number of carbonyl (C=O) groups excluding carboxylic acids is 1. The fraction of sp³-hybridized carbons (Fsp3) is 0.538. The summed E-state index contributed by atoms with van der Waals surface area (Å²) in [6.45, 7) is 2.88. The van der Waals surface area contributed by atoms with Crippen molar-refractivity contribution in [3.8, 4) is 0 Å². The minimum absolute atomic E-state index is 0.169. The van der Waals surface area contributed by atoms with Crippen LogP contribution < -0.4 is 0 Å². The highest BCUT2D eigenvalue weighted by molar-refractivity contribution is 5.91. The summed E-state index contributed by atoms with van der Waals surface area (Å²) >= 11 is 0. The molecule has 0 saturated carbocycles. The fourth-order valence-electron chi connectivity index (χ4n) is 1.56. The van der Waals surface area contributed by atoms with Crippen molar-refractivity contribution in [1.82, 2.24) is 9.80 Å². The van der Waals surface area contributed by atoms with Gasteiger partial charge in [0.25, 0.3) is 5.91 Å². The van der Waals surface area contributed by atoms with E-state index in [1.165, 1.54) is 11.2 Å². The molecule has 106 valence electrons. The second kappa shape index (κ2) is 6.94. The van der Waals surface area contributed by atoms with E-state index in [0.29, 0.717) is 13.1 Å². The van der Waals surface area contributed by atoms with Crippen molar-refractivity contribution < 1.29 is 19.1 Å². The lowest BCUT2D eigenvalue weighted by molar-refractivity contribution is -0.141. The van der Waals surface area contributed by atoms with Crippen molar-refractivity contribution in [2.24, 2.45) is 5.92 Å². The molecule has 0 aliphatic heterocycles. The maximum Gasteiger partial charge on any atom is 0.308 e. The van der Waals surface area contributed by atoms with E-state index in [0.717, 1.165) is 0 Å². The molecule has 0 saturated heterocycles. The van der Waals surface area contributed by atoms with Crippen LogP contribution in [0.2, 0.25) is 0 Å². The van der Waals surface area contributed by atoms with E-state index in [4.69, 9.17) is 9.52 Å². The third-order valence-corrected chi connectivity index (χ3v) is 2.75. The third-order valence-electron chi connectivity index (χ3n) is 2.75. The number of hydrogen-bond acceptors (Lipinski definition) is 4. The largest absolute Gasteiger partial charge is 0.481 e. The molecule has 0 fully saturated rings. The summed E-state index contributed by atoms with van der Waals surface area (Å²) in [5, 5.41) is 8.95. The smallest absolute Gasteiger partial charge is 0.308 e. The van der Waals surface area contributed by atoms with Gasteiger partial charge >= 0.3 is 5.97 Å². The number of furan rings is 1. The molecule has 6 heteroatoms. The highest BCUT2D eigenvalue weighted by atomic mass is 16.4. The molecule has 1 rings (SSSR count). The van der Waals surface area contributed by atoms with Crippen LogP contribution in [0, 0.1) is 5.92 Å². The molecular formula is C13H20N2O4. The zero-order chi connectivity index (χ0) is 14.4. The van der Waals surface area contributed by atoms with Gasteiger partial charge < -0.3 is 19.3 Å². The van der Waals surface area contributed by atoms with Crippen molar-refractivity contribution in [3.05, 3.63) is 24.2 Å². The Morgan fingerprint density at radius 3 is 2.53 bits per heavy atom. The molecule has 0 spiro atoms. The van der Waals surface area contributed by atoms with E-state index in [1.54, 1.807) is 19.1 Å². The summed E-state index contributed by atoms with van der Waals surface area (Å²) in [4.78, 5) is 26.6. The number of carboxylic acids is 1. The number of hydrogen-bond donors (Lipinski definition) is 1. The second-order valence-electron chi connectivity index (χ2n) is 4.77. The Hall–Kier alpha value is -1.82. The third kappa shape index (κ3) is 4.75. The first-order chi connectivity index (χ1) is 8.91. The normalized spacial score (nSPS) is 12.4. The average molecular weight is 268 g/mol. The summed E-state index contributed by atoms with van der Waals surface area (Å²) in [5.74, 6) is -1.57. The van der Waals surface area contributed by atoms with Gasteiger partial charge in [0.05, 0.1) is 12.2 Å². The van der Waals surface area contributed by atoms with Crippen molar-refractivity contribution >= 4 is 11.9 Å². The van der Waals surface area contributed by atoms with Gasteiger partial charge in [0.1, 0.15) is 0 Å². The summed E-state index contributed by atoms with van der Waals surface area (Å²) in [6.07, 6.45) is 1.43. The first kappa shape index (κ1) is 15.2. The Morgan fingerprint density at radius 1 is 1.37 bits per heavy atom. The van der Waals surface area contributed by atoms with E-state index < -0.39 is 11.9 Å². The van der Waals surface area contributed by atoms with Crippen molar-refractivity contribution in [1.29, 1.82) is 0 Å². The first-order valence-corrected chi connectivity index (χ1v) is 6.12. The average Bonchev–Trinajstić information content (AvgIpc) is 2.86. The molecule has 0 bridgehead atoms. The lowest BCUT2D eigenvalue weighted by Crippen LogP contribution is -2.40. The van der Waals surface area contributed by atoms with Crippen LogP contribution in [0.25, 0.3) is 0 Å². The second-order valence-corrected chi connectivity index (χ2v) is 4.77. The zero-order valence-electron chi connectivity index (χ0n) is 11.5. The van der Waals surface area contributed by atoms with Crippen LogP contribution >= 0.6 is 0 Å². The molecule has 1 aromatic rings. The molecule has 1 N–H and O–H groups in total. The minimum Gasteiger partial charge on any atom is -0.481 e. The molecule has 1 unspecified atom stereocenters. The maximum atomic E-state index is 12.2. The van der Waals surface area contributed by atoms with Crippen molar-refractivity contribution in [2.75, 3.05) is 33.7 Å². The number of nitrogens with zero attached hydrogens (tertiary/aromatic N) is 2. The van der Waals surface area contributed by atoms with Gasteiger partial charge in [-0.05, 0) is 26.2 Å². The van der Waals surface area contributed by atoms with E-state index >= 15 is 0 Å². The van der Waals surface area contributed by atoms with E-state index in [2.05, 4.69) is 0 Å². The molecule has 1 heterocycles. The predicted molar refractivity (Wildman–Crippen MR) is 70.0 cm³/mol. The summed E-state index contributed by atoms with van der Waals surface area (Å²) in [7, 11) is 3.80. The monoisotopic (exact) mass is 268 g/mol. The van der Waals surface area contributed by atoms with Gasteiger partial charge in [-0.3, -0.25) is 9.59 Å². The Labute approximate surface area is 112 Å². The predicted octanol–water partition coefficient (Wildman–Crippen LogP) is 1.00. The highest BCUT2D eigenvalue weighted by Crippen LogP contribution is 2.09. The SMILES string of the molecule is CC(CN(CCN(C)C)C(=O)c1ccco1)C(=O)O. The van der Waals surface area contributed by atoms with E-state index in [1.807, 2.05) is 19.0 Å². The van der Waals surface area contributed by atoms with Gasteiger partial charge in [-0.15, -0.1) is 0 Å². The minimum atomic E-state index is -0.915. The molecule has 19 heavy (non-hydrogen) atoms. The molecule has 0 aliphatic carbocycles. The molecule has 0 radical (unpaired) electrons. The summed E-state index contributed by atoms with van der Waals surface area (Å²) in [6, 6.07) is 3.22. The van der Waals surface area contributed by atoms with Crippen LogP contribution in [0.15, 0.2) is 22.8 Å². The molecule has 0 aliphatic rings. The Balaban J connectivity index is 2.73. The van der Waals surface area contributed by atoms with Gasteiger partial charge in [-0.1, -0.05) is 6.92 Å². The summed E-state index contributed by atoms with van der Waals surface area (Å²) in [5.41, 5.74) is 0. The number of amides is 1. The van der Waals surface area contributed by atoms with Gasteiger partial charge in [-0.2, -0.15) is 0 Å². The maximum absolute atomic E-state index is 12.2. The molecular weight excluding hydrogens is 248 g/mol. The highest BCUT2D eigenvalue weighted by Gasteiger charge is 2.23. The van der Waals surface area contributed by atoms with Crippen LogP contribution in [0.1, 0.15) is 17.5 Å². The standard InChI is InChI=1S/C13H20N2O4/c1-10(13(17)18)9-15(7-6-14(2)3)12(16)11-5-4-8-19-11/h4-5,8,10H,6-7,9H2,1-3H3,(H,17,18). The molecule has 1 atom stereocenters. The lowest BCUT2D eigenvalue weighted by Gasteiger charge is -2.25. The van der Waals surface area contributed by atoms with Crippen LogP contribution in [-0.2, 0) is 4.79 Å². The van der Waals surface area contributed by atoms with Gasteiger partial charge in [-0.25, -0.2) is 0 Å². The van der Waals surface area contributed by atoms with Crippen LogP contribution in [0.4, 0.5) is 0 Å². The quantitative estimate of drug-likeness (QED) is 0.798. The Bertz CT molecular complexity index is 414. The van der Waals surface area contributed by atoms with Gasteiger partial charge in [0.15, 0.2) is 5.76 Å². The molecule has 1 aromatic heterocycles. The first-order valence-electron chi connectivity index (χ1n) is 6.12. The fourth-order valence-corrected chi connectivity index (χ4v) is 1.56. The number of likely N-dealkylation sites (N-methyl/N-ethyl adjacent to an activating group) is 1. The van der Waals surface area contributed by atoms with Crippen LogP contribution in [0.5, 0.6) is 0 Å². The number of carbonyl (C=O) groups is 2.